The smallest absolute Gasteiger partial charge is 0.268 e. The third kappa shape index (κ3) is 4.05. The minimum absolute atomic E-state index is 0.00181. The molecule has 140 valence electrons. The van der Waals surface area contributed by atoms with Crippen molar-refractivity contribution in [3.63, 3.8) is 0 Å². The summed E-state index contributed by atoms with van der Waals surface area (Å²) >= 11 is 5.77. The van der Waals surface area contributed by atoms with Crippen molar-refractivity contribution in [2.45, 2.75) is 18.7 Å². The van der Waals surface area contributed by atoms with Gasteiger partial charge in [0.1, 0.15) is 0 Å². The van der Waals surface area contributed by atoms with Crippen LogP contribution in [0.1, 0.15) is 21.7 Å². The molecule has 1 heterocycles. The fourth-order valence-electron chi connectivity index (χ4n) is 2.82. The van der Waals surface area contributed by atoms with E-state index in [1.807, 2.05) is 48.7 Å². The Hall–Kier alpha value is -2.61. The molecular weight excluding hydrogens is 386 g/mol. The van der Waals surface area contributed by atoms with Gasteiger partial charge in [0, 0.05) is 22.1 Å². The standard InChI is InChI=1S/C19H18ClN3O3S/c1-13-12-18(14(2)23(13)16-6-4-3-5-7-16)19(24)21-22-27(25,26)17-10-8-15(20)9-11-17/h3-12,22H,1-2H3,(H,21,24). The zero-order valence-electron chi connectivity index (χ0n) is 14.7. The fourth-order valence-corrected chi connectivity index (χ4v) is 3.79. The molecule has 3 rings (SSSR count). The lowest BCUT2D eigenvalue weighted by atomic mass is 10.2. The summed E-state index contributed by atoms with van der Waals surface area (Å²) < 4.78 is 26.5. The highest BCUT2D eigenvalue weighted by Crippen LogP contribution is 2.20. The number of amides is 1. The van der Waals surface area contributed by atoms with Crippen molar-refractivity contribution in [3.05, 3.63) is 82.6 Å². The van der Waals surface area contributed by atoms with E-state index >= 15 is 0 Å². The molecule has 8 heteroatoms. The Labute approximate surface area is 162 Å². The SMILES string of the molecule is Cc1cc(C(=O)NNS(=O)(=O)c2ccc(Cl)cc2)c(C)n1-c1ccccc1. The maximum atomic E-state index is 12.5. The lowest BCUT2D eigenvalue weighted by Gasteiger charge is -2.10. The van der Waals surface area contributed by atoms with Crippen LogP contribution in [0.2, 0.25) is 5.02 Å². The fraction of sp³-hybridized carbons (Fsp3) is 0.105. The number of sulfonamides is 1. The predicted octanol–water partition coefficient (Wildman–Crippen LogP) is 3.37. The third-order valence-corrected chi connectivity index (χ3v) is 5.63. The average molecular weight is 404 g/mol. The molecule has 0 aliphatic heterocycles. The lowest BCUT2D eigenvalue weighted by Crippen LogP contribution is -2.41. The van der Waals surface area contributed by atoms with E-state index in [1.165, 1.54) is 24.3 Å². The van der Waals surface area contributed by atoms with Crippen LogP contribution in [0.25, 0.3) is 5.69 Å². The minimum atomic E-state index is -3.90. The van der Waals surface area contributed by atoms with Crippen molar-refractivity contribution < 1.29 is 13.2 Å². The molecule has 0 bridgehead atoms. The second-order valence-electron chi connectivity index (χ2n) is 5.97. The molecule has 6 nitrogen and oxygen atoms in total. The summed E-state index contributed by atoms with van der Waals surface area (Å²) in [5.41, 5.74) is 5.15. The topological polar surface area (TPSA) is 80.2 Å². The molecule has 0 aliphatic carbocycles. The maximum absolute atomic E-state index is 12.5. The summed E-state index contributed by atoms with van der Waals surface area (Å²) in [5.74, 6) is -0.539. The summed E-state index contributed by atoms with van der Waals surface area (Å²) in [6.45, 7) is 3.69. The predicted molar refractivity (Wildman–Crippen MR) is 104 cm³/mol. The monoisotopic (exact) mass is 403 g/mol. The van der Waals surface area contributed by atoms with Crippen LogP contribution in [0.5, 0.6) is 0 Å². The molecule has 0 radical (unpaired) electrons. The number of nitrogens with one attached hydrogen (secondary N) is 2. The van der Waals surface area contributed by atoms with Gasteiger partial charge in [-0.05, 0) is 56.3 Å². The first-order valence-corrected chi connectivity index (χ1v) is 9.98. The van der Waals surface area contributed by atoms with Crippen molar-refractivity contribution in [2.24, 2.45) is 0 Å². The second kappa shape index (κ2) is 7.56. The number of hydrogen-bond donors (Lipinski definition) is 2. The van der Waals surface area contributed by atoms with Gasteiger partial charge in [0.25, 0.3) is 15.9 Å². The molecule has 2 N–H and O–H groups in total. The molecule has 0 saturated carbocycles. The lowest BCUT2D eigenvalue weighted by molar-refractivity contribution is 0.0944. The molecular formula is C19H18ClN3O3S. The second-order valence-corrected chi connectivity index (χ2v) is 8.09. The number of carbonyl (C=O) groups is 1. The van der Waals surface area contributed by atoms with E-state index in [0.29, 0.717) is 16.3 Å². The number of aromatic nitrogens is 1. The Bertz CT molecular complexity index is 1080. The van der Waals surface area contributed by atoms with Crippen LogP contribution in [0.3, 0.4) is 0 Å². The van der Waals surface area contributed by atoms with Crippen molar-refractivity contribution in [2.75, 3.05) is 0 Å². The van der Waals surface area contributed by atoms with Crippen molar-refractivity contribution in [1.29, 1.82) is 0 Å². The van der Waals surface area contributed by atoms with Crippen LogP contribution in [0.15, 0.2) is 65.6 Å². The van der Waals surface area contributed by atoms with Crippen LogP contribution in [0, 0.1) is 13.8 Å². The van der Waals surface area contributed by atoms with Crippen molar-refractivity contribution in [1.82, 2.24) is 14.8 Å². The van der Waals surface area contributed by atoms with E-state index in [-0.39, 0.29) is 4.90 Å². The van der Waals surface area contributed by atoms with Gasteiger partial charge in [0.15, 0.2) is 0 Å². The number of benzene rings is 2. The van der Waals surface area contributed by atoms with Gasteiger partial charge in [-0.2, -0.15) is 0 Å². The first-order valence-electron chi connectivity index (χ1n) is 8.11. The number of aryl methyl sites for hydroxylation is 1. The number of hydrazine groups is 1. The largest absolute Gasteiger partial charge is 0.318 e. The van der Waals surface area contributed by atoms with E-state index in [2.05, 4.69) is 10.3 Å². The van der Waals surface area contributed by atoms with E-state index in [4.69, 9.17) is 11.6 Å². The normalized spacial score (nSPS) is 11.4. The van der Waals surface area contributed by atoms with Gasteiger partial charge in [-0.25, -0.2) is 8.42 Å². The average Bonchev–Trinajstić information content (AvgIpc) is 2.95. The van der Waals surface area contributed by atoms with Crippen LogP contribution in [0.4, 0.5) is 0 Å². The Balaban J connectivity index is 1.80. The van der Waals surface area contributed by atoms with E-state index in [1.54, 1.807) is 6.07 Å². The Morgan fingerprint density at radius 1 is 1.00 bits per heavy atom. The zero-order chi connectivity index (χ0) is 19.6. The van der Waals surface area contributed by atoms with E-state index < -0.39 is 15.9 Å². The molecule has 1 aromatic heterocycles. The molecule has 0 unspecified atom stereocenters. The quantitative estimate of drug-likeness (QED) is 0.641. The van der Waals surface area contributed by atoms with E-state index in [0.717, 1.165) is 11.4 Å². The third-order valence-electron chi connectivity index (χ3n) is 4.11. The van der Waals surface area contributed by atoms with Gasteiger partial charge in [0.2, 0.25) is 0 Å². The van der Waals surface area contributed by atoms with Gasteiger partial charge >= 0.3 is 0 Å². The zero-order valence-corrected chi connectivity index (χ0v) is 16.3. The first kappa shape index (κ1) is 19.2. The summed E-state index contributed by atoms with van der Waals surface area (Å²) in [5, 5.41) is 0.423. The highest BCUT2D eigenvalue weighted by Gasteiger charge is 2.19. The van der Waals surface area contributed by atoms with Gasteiger partial charge < -0.3 is 4.57 Å². The molecule has 0 atom stereocenters. The number of rotatable bonds is 5. The van der Waals surface area contributed by atoms with Crippen LogP contribution < -0.4 is 10.3 Å². The first-order chi connectivity index (χ1) is 12.8. The molecule has 1 amide bonds. The summed E-state index contributed by atoms with van der Waals surface area (Å²) in [7, 11) is -3.90. The molecule has 0 aliphatic rings. The maximum Gasteiger partial charge on any atom is 0.268 e. The van der Waals surface area contributed by atoms with Crippen LogP contribution in [-0.2, 0) is 10.0 Å². The minimum Gasteiger partial charge on any atom is -0.318 e. The van der Waals surface area contributed by atoms with Crippen molar-refractivity contribution in [3.8, 4) is 5.69 Å². The number of para-hydroxylation sites is 1. The summed E-state index contributed by atoms with van der Waals surface area (Å²) in [6, 6.07) is 17.0. The van der Waals surface area contributed by atoms with Crippen LogP contribution >= 0.6 is 11.6 Å². The van der Waals surface area contributed by atoms with Crippen LogP contribution in [-0.4, -0.2) is 18.9 Å². The highest BCUT2D eigenvalue weighted by atomic mass is 35.5. The molecule has 27 heavy (non-hydrogen) atoms. The number of halogens is 1. The van der Waals surface area contributed by atoms with E-state index in [9.17, 15) is 13.2 Å². The number of carbonyl (C=O) groups excluding carboxylic acids is 1. The molecule has 3 aromatic rings. The Kier molecular flexibility index (Phi) is 5.36. The summed E-state index contributed by atoms with van der Waals surface area (Å²) in [6.07, 6.45) is 0. The number of hydrogen-bond acceptors (Lipinski definition) is 3. The van der Waals surface area contributed by atoms with Crippen molar-refractivity contribution >= 4 is 27.5 Å². The molecule has 0 fully saturated rings. The van der Waals surface area contributed by atoms with Gasteiger partial charge in [0.05, 0.1) is 10.5 Å². The van der Waals surface area contributed by atoms with Gasteiger partial charge in [-0.15, -0.1) is 4.83 Å². The highest BCUT2D eigenvalue weighted by molar-refractivity contribution is 7.89. The molecule has 0 spiro atoms. The Morgan fingerprint density at radius 2 is 1.63 bits per heavy atom. The number of nitrogens with zero attached hydrogens (tertiary/aromatic N) is 1. The van der Waals surface area contributed by atoms with Gasteiger partial charge in [-0.3, -0.25) is 10.2 Å². The molecule has 0 saturated heterocycles. The van der Waals surface area contributed by atoms with Gasteiger partial charge in [-0.1, -0.05) is 29.8 Å². The summed E-state index contributed by atoms with van der Waals surface area (Å²) in [4.78, 5) is 14.6. The molecule has 2 aromatic carbocycles. The Morgan fingerprint density at radius 3 is 2.26 bits per heavy atom.